The van der Waals surface area contributed by atoms with E-state index in [1.165, 1.54) is 11.3 Å². The van der Waals surface area contributed by atoms with Crippen molar-refractivity contribution in [3.8, 4) is 5.69 Å². The number of thiophene rings is 1. The quantitative estimate of drug-likeness (QED) is 0.644. The van der Waals surface area contributed by atoms with Crippen LogP contribution in [0.3, 0.4) is 0 Å². The normalized spacial score (nSPS) is 15.1. The number of carbonyl (C=O) groups is 3. The van der Waals surface area contributed by atoms with Gasteiger partial charge in [0.1, 0.15) is 4.83 Å². The van der Waals surface area contributed by atoms with E-state index in [4.69, 9.17) is 0 Å². The standard InChI is InChI=1S/C19H19N5O3S/c1-11(23-16(25)10-21-19(23)27)9-20-17(26)15-8-14-12(2)22-24(18(14)28-15)13-6-4-3-5-7-13/h3-8,11H,9-10H2,1-2H3,(H,20,26)(H,21,27)/t11-/m1/s1. The number of rotatable bonds is 5. The Balaban J connectivity index is 1.52. The Bertz CT molecular complexity index is 1060. The van der Waals surface area contributed by atoms with E-state index in [1.807, 2.05) is 48.0 Å². The van der Waals surface area contributed by atoms with E-state index in [2.05, 4.69) is 15.7 Å². The van der Waals surface area contributed by atoms with Crippen molar-refractivity contribution in [2.45, 2.75) is 19.9 Å². The smallest absolute Gasteiger partial charge is 0.324 e. The molecular weight excluding hydrogens is 378 g/mol. The van der Waals surface area contributed by atoms with Crippen LogP contribution in [0.25, 0.3) is 15.9 Å². The van der Waals surface area contributed by atoms with Crippen LogP contribution in [-0.2, 0) is 4.79 Å². The molecule has 3 aromatic rings. The van der Waals surface area contributed by atoms with E-state index in [1.54, 1.807) is 6.92 Å². The molecule has 0 spiro atoms. The van der Waals surface area contributed by atoms with Crippen LogP contribution >= 0.6 is 11.3 Å². The van der Waals surface area contributed by atoms with Gasteiger partial charge in [-0.15, -0.1) is 11.3 Å². The number of aromatic nitrogens is 2. The summed E-state index contributed by atoms with van der Waals surface area (Å²) in [7, 11) is 0. The molecule has 1 fully saturated rings. The van der Waals surface area contributed by atoms with Crippen LogP contribution in [0.5, 0.6) is 0 Å². The van der Waals surface area contributed by atoms with Crippen LogP contribution in [0.2, 0.25) is 0 Å². The highest BCUT2D eigenvalue weighted by atomic mass is 32.1. The number of hydrogen-bond donors (Lipinski definition) is 2. The molecule has 1 aromatic carbocycles. The Morgan fingerprint density at radius 3 is 2.75 bits per heavy atom. The zero-order valence-corrected chi connectivity index (χ0v) is 16.2. The first kappa shape index (κ1) is 18.2. The van der Waals surface area contributed by atoms with Crippen molar-refractivity contribution in [1.29, 1.82) is 0 Å². The monoisotopic (exact) mass is 397 g/mol. The fraction of sp³-hybridized carbons (Fsp3) is 0.263. The minimum absolute atomic E-state index is 0.00268. The zero-order chi connectivity index (χ0) is 19.8. The van der Waals surface area contributed by atoms with Gasteiger partial charge in [-0.05, 0) is 32.0 Å². The van der Waals surface area contributed by atoms with Crippen molar-refractivity contribution in [2.75, 3.05) is 13.1 Å². The number of hydrogen-bond acceptors (Lipinski definition) is 5. The average molecular weight is 397 g/mol. The molecule has 2 N–H and O–H groups in total. The largest absolute Gasteiger partial charge is 0.349 e. The van der Waals surface area contributed by atoms with Crippen LogP contribution in [0.15, 0.2) is 36.4 Å². The molecule has 2 aromatic heterocycles. The summed E-state index contributed by atoms with van der Waals surface area (Å²) in [6, 6.07) is 10.7. The van der Waals surface area contributed by atoms with Gasteiger partial charge < -0.3 is 10.6 Å². The number of imide groups is 1. The molecular formula is C19H19N5O3S. The lowest BCUT2D eigenvalue weighted by atomic mass is 10.2. The average Bonchev–Trinajstić information content (AvgIpc) is 3.35. The first-order chi connectivity index (χ1) is 13.5. The Labute approximate surface area is 165 Å². The van der Waals surface area contributed by atoms with Gasteiger partial charge in [-0.2, -0.15) is 5.10 Å². The fourth-order valence-corrected chi connectivity index (χ4v) is 4.30. The molecule has 0 aliphatic carbocycles. The lowest BCUT2D eigenvalue weighted by Gasteiger charge is -2.21. The topological polar surface area (TPSA) is 96.3 Å². The SMILES string of the molecule is Cc1nn(-c2ccccc2)c2sc(C(=O)NC[C@@H](C)N3C(=O)CNC3=O)cc12. The summed E-state index contributed by atoms with van der Waals surface area (Å²) in [5.74, 6) is -0.522. The number of carbonyl (C=O) groups excluding carboxylic acids is 3. The molecule has 28 heavy (non-hydrogen) atoms. The number of para-hydroxylation sites is 1. The van der Waals surface area contributed by atoms with Crippen LogP contribution in [0.4, 0.5) is 4.79 Å². The molecule has 3 heterocycles. The van der Waals surface area contributed by atoms with Crippen molar-refractivity contribution in [1.82, 2.24) is 25.3 Å². The third kappa shape index (κ3) is 3.13. The molecule has 4 amide bonds. The first-order valence-electron chi connectivity index (χ1n) is 8.88. The Morgan fingerprint density at radius 1 is 1.32 bits per heavy atom. The summed E-state index contributed by atoms with van der Waals surface area (Å²) in [4.78, 5) is 38.7. The van der Waals surface area contributed by atoms with Gasteiger partial charge in [0, 0.05) is 11.9 Å². The van der Waals surface area contributed by atoms with Gasteiger partial charge in [0.15, 0.2) is 0 Å². The van der Waals surface area contributed by atoms with Crippen LogP contribution in [-0.4, -0.2) is 51.7 Å². The number of nitrogens with one attached hydrogen (secondary N) is 2. The maximum Gasteiger partial charge on any atom is 0.324 e. The van der Waals surface area contributed by atoms with Gasteiger partial charge in [-0.1, -0.05) is 18.2 Å². The lowest BCUT2D eigenvalue weighted by Crippen LogP contribution is -2.45. The van der Waals surface area contributed by atoms with E-state index < -0.39 is 12.1 Å². The lowest BCUT2D eigenvalue weighted by molar-refractivity contribution is -0.126. The highest BCUT2D eigenvalue weighted by Crippen LogP contribution is 2.30. The highest BCUT2D eigenvalue weighted by molar-refractivity contribution is 7.20. The van der Waals surface area contributed by atoms with Crippen molar-refractivity contribution in [2.24, 2.45) is 0 Å². The zero-order valence-electron chi connectivity index (χ0n) is 15.4. The Morgan fingerprint density at radius 2 is 2.07 bits per heavy atom. The van der Waals surface area contributed by atoms with Crippen LogP contribution < -0.4 is 10.6 Å². The molecule has 1 atom stereocenters. The molecule has 4 rings (SSSR count). The maximum atomic E-state index is 12.6. The minimum atomic E-state index is -0.424. The predicted molar refractivity (Wildman–Crippen MR) is 106 cm³/mol. The van der Waals surface area contributed by atoms with E-state index >= 15 is 0 Å². The van der Waals surface area contributed by atoms with Gasteiger partial charge in [0.05, 0.1) is 28.8 Å². The molecule has 1 aliphatic heterocycles. The first-order valence-corrected chi connectivity index (χ1v) is 9.70. The number of aryl methyl sites for hydroxylation is 1. The van der Waals surface area contributed by atoms with Gasteiger partial charge >= 0.3 is 6.03 Å². The van der Waals surface area contributed by atoms with E-state index in [0.29, 0.717) is 4.88 Å². The summed E-state index contributed by atoms with van der Waals surface area (Å²) in [5.41, 5.74) is 1.78. The maximum absolute atomic E-state index is 12.6. The van der Waals surface area contributed by atoms with Crippen LogP contribution in [0, 0.1) is 6.92 Å². The highest BCUT2D eigenvalue weighted by Gasteiger charge is 2.32. The van der Waals surface area contributed by atoms with Crippen molar-refractivity contribution < 1.29 is 14.4 Å². The molecule has 8 nitrogen and oxygen atoms in total. The molecule has 0 saturated carbocycles. The summed E-state index contributed by atoms with van der Waals surface area (Å²) in [6.07, 6.45) is 0. The summed E-state index contributed by atoms with van der Waals surface area (Å²) in [6.45, 7) is 3.83. The van der Waals surface area contributed by atoms with Gasteiger partial charge in [0.25, 0.3) is 5.91 Å². The third-order valence-corrected chi connectivity index (χ3v) is 5.76. The van der Waals surface area contributed by atoms with E-state index in [0.717, 1.165) is 26.5 Å². The van der Waals surface area contributed by atoms with Crippen molar-refractivity contribution in [3.63, 3.8) is 0 Å². The second-order valence-electron chi connectivity index (χ2n) is 6.64. The number of benzene rings is 1. The van der Waals surface area contributed by atoms with Crippen LogP contribution in [0.1, 0.15) is 22.3 Å². The third-order valence-electron chi connectivity index (χ3n) is 4.65. The number of amides is 4. The van der Waals surface area contributed by atoms with Crippen molar-refractivity contribution >= 4 is 39.4 Å². The fourth-order valence-electron chi connectivity index (χ4n) is 3.20. The predicted octanol–water partition coefficient (Wildman–Crippen LogP) is 2.07. The Hall–Kier alpha value is -3.20. The van der Waals surface area contributed by atoms with Crippen molar-refractivity contribution in [3.05, 3.63) is 47.0 Å². The summed E-state index contributed by atoms with van der Waals surface area (Å²) in [5, 5.41) is 10.8. The number of nitrogens with zero attached hydrogens (tertiary/aromatic N) is 3. The summed E-state index contributed by atoms with van der Waals surface area (Å²) >= 11 is 1.36. The van der Waals surface area contributed by atoms with Gasteiger partial charge in [-0.3, -0.25) is 14.5 Å². The molecule has 9 heteroatoms. The second kappa shape index (κ2) is 7.08. The summed E-state index contributed by atoms with van der Waals surface area (Å²) < 4.78 is 1.84. The van der Waals surface area contributed by atoms with Gasteiger partial charge in [0.2, 0.25) is 5.91 Å². The molecule has 0 unspecified atom stereocenters. The molecule has 0 radical (unpaired) electrons. The molecule has 1 aliphatic rings. The second-order valence-corrected chi connectivity index (χ2v) is 7.67. The van der Waals surface area contributed by atoms with E-state index in [9.17, 15) is 14.4 Å². The number of urea groups is 1. The minimum Gasteiger partial charge on any atom is -0.349 e. The molecule has 1 saturated heterocycles. The Kier molecular flexibility index (Phi) is 4.60. The molecule has 0 bridgehead atoms. The van der Waals surface area contributed by atoms with Gasteiger partial charge in [-0.25, -0.2) is 9.48 Å². The number of fused-ring (bicyclic) bond motifs is 1. The van der Waals surface area contributed by atoms with E-state index in [-0.39, 0.29) is 24.9 Å². The molecule has 144 valence electrons.